The number of para-hydroxylation sites is 2. The van der Waals surface area contributed by atoms with Gasteiger partial charge in [-0.3, -0.25) is 9.59 Å². The highest BCUT2D eigenvalue weighted by Gasteiger charge is 2.20. The number of fused-ring (bicyclic) bond motifs is 1. The van der Waals surface area contributed by atoms with Gasteiger partial charge in [-0.05, 0) is 37.1 Å². The first-order chi connectivity index (χ1) is 15.0. The SMILES string of the molecule is Cc1cc(O)cc(=O)n1CCCC(=O)N[C@H](c1ccccc1)c1nc2ccccc2[nH]1. The second kappa shape index (κ2) is 8.87. The number of carbonyl (C=O) groups is 1. The molecule has 0 aliphatic heterocycles. The quantitative estimate of drug-likeness (QED) is 0.430. The monoisotopic (exact) mass is 416 g/mol. The summed E-state index contributed by atoms with van der Waals surface area (Å²) in [5, 5.41) is 12.6. The summed E-state index contributed by atoms with van der Waals surface area (Å²) >= 11 is 0. The summed E-state index contributed by atoms with van der Waals surface area (Å²) in [5.41, 5.74) is 3.07. The van der Waals surface area contributed by atoms with Crippen LogP contribution in [0.3, 0.4) is 0 Å². The number of aromatic amines is 1. The van der Waals surface area contributed by atoms with Gasteiger partial charge in [0.25, 0.3) is 5.56 Å². The fourth-order valence-corrected chi connectivity index (χ4v) is 3.69. The van der Waals surface area contributed by atoms with Gasteiger partial charge in [-0.15, -0.1) is 0 Å². The highest BCUT2D eigenvalue weighted by Crippen LogP contribution is 2.22. The van der Waals surface area contributed by atoms with Crippen molar-refractivity contribution in [1.82, 2.24) is 19.9 Å². The highest BCUT2D eigenvalue weighted by atomic mass is 16.3. The van der Waals surface area contributed by atoms with Crippen molar-refractivity contribution in [2.75, 3.05) is 0 Å². The number of aromatic nitrogens is 3. The molecule has 2 aromatic heterocycles. The lowest BCUT2D eigenvalue weighted by Crippen LogP contribution is -2.30. The normalized spacial score (nSPS) is 12.0. The second-order valence-electron chi connectivity index (χ2n) is 7.50. The van der Waals surface area contributed by atoms with Gasteiger partial charge in [0, 0.05) is 24.7 Å². The minimum atomic E-state index is -0.403. The van der Waals surface area contributed by atoms with E-state index in [-0.39, 0.29) is 23.6 Å². The molecule has 1 atom stereocenters. The summed E-state index contributed by atoms with van der Waals surface area (Å²) < 4.78 is 1.56. The number of carbonyl (C=O) groups excluding carboxylic acids is 1. The van der Waals surface area contributed by atoms with Crippen molar-refractivity contribution in [1.29, 1.82) is 0 Å². The molecule has 0 saturated heterocycles. The summed E-state index contributed by atoms with van der Waals surface area (Å²) in [6.07, 6.45) is 0.759. The number of H-pyrrole nitrogens is 1. The van der Waals surface area contributed by atoms with Crippen LogP contribution in [0.1, 0.15) is 36.0 Å². The summed E-state index contributed by atoms with van der Waals surface area (Å²) in [6, 6.07) is 19.8. The Morgan fingerprint density at radius 2 is 1.87 bits per heavy atom. The van der Waals surface area contributed by atoms with E-state index in [9.17, 15) is 14.7 Å². The number of amides is 1. The fourth-order valence-electron chi connectivity index (χ4n) is 3.69. The van der Waals surface area contributed by atoms with Gasteiger partial charge in [-0.1, -0.05) is 42.5 Å². The molecule has 0 saturated carbocycles. The third-order valence-electron chi connectivity index (χ3n) is 5.22. The Bertz CT molecular complexity index is 1230. The Labute approximate surface area is 179 Å². The number of nitrogens with one attached hydrogen (secondary N) is 2. The van der Waals surface area contributed by atoms with Gasteiger partial charge in [-0.25, -0.2) is 4.98 Å². The van der Waals surface area contributed by atoms with E-state index in [0.29, 0.717) is 24.5 Å². The van der Waals surface area contributed by atoms with E-state index in [4.69, 9.17) is 0 Å². The largest absolute Gasteiger partial charge is 0.508 e. The molecule has 2 heterocycles. The molecule has 0 spiro atoms. The lowest BCUT2D eigenvalue weighted by atomic mass is 10.1. The maximum atomic E-state index is 12.7. The van der Waals surface area contributed by atoms with Crippen molar-refractivity contribution < 1.29 is 9.90 Å². The minimum Gasteiger partial charge on any atom is -0.508 e. The lowest BCUT2D eigenvalue weighted by molar-refractivity contribution is -0.121. The molecule has 7 nitrogen and oxygen atoms in total. The maximum Gasteiger partial charge on any atom is 0.254 e. The Morgan fingerprint density at radius 3 is 2.61 bits per heavy atom. The molecule has 2 aromatic carbocycles. The van der Waals surface area contributed by atoms with Crippen molar-refractivity contribution in [3.63, 3.8) is 0 Å². The Morgan fingerprint density at radius 1 is 1.13 bits per heavy atom. The molecule has 0 unspecified atom stereocenters. The second-order valence-corrected chi connectivity index (χ2v) is 7.50. The Kier molecular flexibility index (Phi) is 5.84. The van der Waals surface area contributed by atoms with Crippen LogP contribution in [0.4, 0.5) is 0 Å². The summed E-state index contributed by atoms with van der Waals surface area (Å²) in [7, 11) is 0. The molecule has 0 radical (unpaired) electrons. The number of benzene rings is 2. The lowest BCUT2D eigenvalue weighted by Gasteiger charge is -2.17. The third-order valence-corrected chi connectivity index (χ3v) is 5.22. The third kappa shape index (κ3) is 4.66. The highest BCUT2D eigenvalue weighted by molar-refractivity contribution is 5.78. The molecule has 0 fully saturated rings. The zero-order valence-electron chi connectivity index (χ0n) is 17.2. The number of rotatable bonds is 7. The van der Waals surface area contributed by atoms with Crippen LogP contribution in [-0.4, -0.2) is 25.5 Å². The van der Waals surface area contributed by atoms with E-state index in [2.05, 4.69) is 15.3 Å². The molecule has 158 valence electrons. The van der Waals surface area contributed by atoms with Crippen LogP contribution in [0.15, 0.2) is 71.5 Å². The molecular weight excluding hydrogens is 392 g/mol. The van der Waals surface area contributed by atoms with E-state index in [1.165, 1.54) is 12.1 Å². The summed E-state index contributed by atoms with van der Waals surface area (Å²) in [4.78, 5) is 32.8. The van der Waals surface area contributed by atoms with Crippen LogP contribution in [-0.2, 0) is 11.3 Å². The van der Waals surface area contributed by atoms with E-state index >= 15 is 0 Å². The predicted molar refractivity (Wildman–Crippen MR) is 119 cm³/mol. The molecule has 3 N–H and O–H groups in total. The van der Waals surface area contributed by atoms with Crippen LogP contribution in [0.25, 0.3) is 11.0 Å². The number of hydrogen-bond donors (Lipinski definition) is 3. The van der Waals surface area contributed by atoms with Gasteiger partial charge in [0.1, 0.15) is 17.6 Å². The van der Waals surface area contributed by atoms with Crippen molar-refractivity contribution in [3.05, 3.63) is 94.2 Å². The molecule has 0 aliphatic carbocycles. The van der Waals surface area contributed by atoms with Crippen molar-refractivity contribution in [2.45, 2.75) is 32.4 Å². The minimum absolute atomic E-state index is 0.0481. The van der Waals surface area contributed by atoms with Crippen LogP contribution < -0.4 is 10.9 Å². The Hall–Kier alpha value is -3.87. The maximum absolute atomic E-state index is 12.7. The summed E-state index contributed by atoms with van der Waals surface area (Å²) in [6.45, 7) is 2.16. The first kappa shape index (κ1) is 20.4. The topological polar surface area (TPSA) is 100 Å². The predicted octanol–water partition coefficient (Wildman–Crippen LogP) is 3.42. The van der Waals surface area contributed by atoms with Gasteiger partial charge in [0.05, 0.1) is 11.0 Å². The number of aromatic hydroxyl groups is 1. The van der Waals surface area contributed by atoms with Crippen LogP contribution in [0.2, 0.25) is 0 Å². The van der Waals surface area contributed by atoms with E-state index in [0.717, 1.165) is 16.6 Å². The molecule has 31 heavy (non-hydrogen) atoms. The number of aryl methyl sites for hydroxylation is 1. The Balaban J connectivity index is 1.48. The molecule has 4 aromatic rings. The van der Waals surface area contributed by atoms with Gasteiger partial charge in [0.2, 0.25) is 5.91 Å². The van der Waals surface area contributed by atoms with Crippen LogP contribution in [0, 0.1) is 6.92 Å². The molecule has 7 heteroatoms. The van der Waals surface area contributed by atoms with Gasteiger partial charge >= 0.3 is 0 Å². The van der Waals surface area contributed by atoms with Crippen molar-refractivity contribution in [2.24, 2.45) is 0 Å². The van der Waals surface area contributed by atoms with Gasteiger partial charge < -0.3 is 20.0 Å². The average Bonchev–Trinajstić information content (AvgIpc) is 3.18. The van der Waals surface area contributed by atoms with Crippen LogP contribution >= 0.6 is 0 Å². The first-order valence-corrected chi connectivity index (χ1v) is 10.2. The molecule has 0 bridgehead atoms. The smallest absolute Gasteiger partial charge is 0.254 e. The standard InChI is InChI=1S/C24H24N4O3/c1-16-14-18(29)15-22(31)28(16)13-7-12-21(30)27-23(17-8-3-2-4-9-17)24-25-19-10-5-6-11-20(19)26-24/h2-6,8-11,14-15,23,29H,7,12-13H2,1H3,(H,25,26)(H,27,30)/t23-/m1/s1. The van der Waals surface area contributed by atoms with Crippen LogP contribution in [0.5, 0.6) is 5.75 Å². The van der Waals surface area contributed by atoms with Crippen molar-refractivity contribution >= 4 is 16.9 Å². The molecule has 0 aliphatic rings. The first-order valence-electron chi connectivity index (χ1n) is 10.2. The molecule has 4 rings (SSSR count). The zero-order valence-corrected chi connectivity index (χ0v) is 17.2. The van der Waals surface area contributed by atoms with E-state index < -0.39 is 6.04 Å². The van der Waals surface area contributed by atoms with Gasteiger partial charge in [0.15, 0.2) is 0 Å². The summed E-state index contributed by atoms with van der Waals surface area (Å²) in [5.74, 6) is 0.498. The number of imidazole rings is 1. The molecular formula is C24H24N4O3. The van der Waals surface area contributed by atoms with E-state index in [1.807, 2.05) is 54.6 Å². The van der Waals surface area contributed by atoms with E-state index in [1.54, 1.807) is 11.5 Å². The number of nitrogens with zero attached hydrogens (tertiary/aromatic N) is 2. The van der Waals surface area contributed by atoms with Gasteiger partial charge in [-0.2, -0.15) is 0 Å². The zero-order chi connectivity index (χ0) is 21.8. The molecule has 1 amide bonds. The van der Waals surface area contributed by atoms with Crippen molar-refractivity contribution in [3.8, 4) is 5.75 Å². The fraction of sp³-hybridized carbons (Fsp3) is 0.208. The number of pyridine rings is 1. The average molecular weight is 416 g/mol. The number of hydrogen-bond acceptors (Lipinski definition) is 4.